The van der Waals surface area contributed by atoms with Crippen molar-refractivity contribution in [1.82, 2.24) is 15.4 Å². The lowest BCUT2D eigenvalue weighted by atomic mass is 10.2. The van der Waals surface area contributed by atoms with Gasteiger partial charge in [-0.3, -0.25) is 20.0 Å². The molecule has 7 nitrogen and oxygen atoms in total. The Labute approximate surface area is 125 Å². The van der Waals surface area contributed by atoms with Crippen LogP contribution < -0.4 is 22.1 Å². The van der Waals surface area contributed by atoms with Crippen LogP contribution in [0.3, 0.4) is 0 Å². The summed E-state index contributed by atoms with van der Waals surface area (Å²) in [5.74, 6) is 5.01. The van der Waals surface area contributed by atoms with E-state index in [1.165, 1.54) is 0 Å². The molecule has 0 saturated carbocycles. The highest BCUT2D eigenvalue weighted by Gasteiger charge is 2.06. The Morgan fingerprint density at radius 2 is 1.95 bits per heavy atom. The van der Waals surface area contributed by atoms with E-state index in [-0.39, 0.29) is 5.56 Å². The molecule has 3 rings (SSSR count). The molecule has 0 radical (unpaired) electrons. The number of hydrogen-bond acceptors (Lipinski definition) is 5. The molecule has 0 aliphatic carbocycles. The molecule has 0 bridgehead atoms. The van der Waals surface area contributed by atoms with E-state index in [0.29, 0.717) is 28.1 Å². The first-order valence-electron chi connectivity index (χ1n) is 6.54. The number of H-pyrrole nitrogens is 1. The number of hydrogen-bond donors (Lipinski definition) is 4. The van der Waals surface area contributed by atoms with Gasteiger partial charge >= 0.3 is 0 Å². The largest absolute Gasteiger partial charge is 0.326 e. The number of benzene rings is 2. The van der Waals surface area contributed by atoms with Gasteiger partial charge in [0.15, 0.2) is 0 Å². The van der Waals surface area contributed by atoms with Gasteiger partial charge < -0.3 is 5.32 Å². The minimum atomic E-state index is -0.399. The van der Waals surface area contributed by atoms with Crippen LogP contribution in [0.4, 0.5) is 11.6 Å². The Morgan fingerprint density at radius 1 is 1.14 bits per heavy atom. The van der Waals surface area contributed by atoms with Crippen molar-refractivity contribution in [3.8, 4) is 0 Å². The Balaban J connectivity index is 1.96. The molecular formula is C15H13N5O2. The van der Waals surface area contributed by atoms with E-state index in [1.54, 1.807) is 42.5 Å². The van der Waals surface area contributed by atoms with Crippen LogP contribution in [0.25, 0.3) is 10.9 Å². The van der Waals surface area contributed by atoms with Gasteiger partial charge in [-0.1, -0.05) is 18.2 Å². The van der Waals surface area contributed by atoms with Crippen LogP contribution in [-0.4, -0.2) is 15.9 Å². The Morgan fingerprint density at radius 3 is 2.77 bits per heavy atom. The van der Waals surface area contributed by atoms with Gasteiger partial charge in [0, 0.05) is 11.3 Å². The average Bonchev–Trinajstić information content (AvgIpc) is 2.54. The van der Waals surface area contributed by atoms with Gasteiger partial charge in [0.05, 0.1) is 10.9 Å². The van der Waals surface area contributed by atoms with Crippen molar-refractivity contribution in [2.45, 2.75) is 0 Å². The molecule has 5 N–H and O–H groups in total. The Hall–Kier alpha value is -3.19. The fraction of sp³-hybridized carbons (Fsp3) is 0. The van der Waals surface area contributed by atoms with Crippen molar-refractivity contribution in [2.24, 2.45) is 5.84 Å². The van der Waals surface area contributed by atoms with E-state index in [2.05, 4.69) is 20.7 Å². The van der Waals surface area contributed by atoms with Crippen LogP contribution >= 0.6 is 0 Å². The molecule has 3 aromatic rings. The number of fused-ring (bicyclic) bond motifs is 1. The summed E-state index contributed by atoms with van der Waals surface area (Å²) in [5, 5.41) is 3.49. The SMILES string of the molecule is NNC(=O)c1cccc(Nc2nc3ccccc3c(=O)[nH]2)c1. The van der Waals surface area contributed by atoms with Gasteiger partial charge in [-0.15, -0.1) is 0 Å². The molecule has 22 heavy (non-hydrogen) atoms. The molecular weight excluding hydrogens is 282 g/mol. The summed E-state index contributed by atoms with van der Waals surface area (Å²) in [6, 6.07) is 13.7. The van der Waals surface area contributed by atoms with Crippen molar-refractivity contribution in [2.75, 3.05) is 5.32 Å². The minimum Gasteiger partial charge on any atom is -0.326 e. The number of aromatic amines is 1. The van der Waals surface area contributed by atoms with E-state index < -0.39 is 5.91 Å². The highest BCUT2D eigenvalue weighted by Crippen LogP contribution is 2.15. The summed E-state index contributed by atoms with van der Waals surface area (Å²) in [5.41, 5.74) is 3.43. The number of para-hydroxylation sites is 1. The van der Waals surface area contributed by atoms with E-state index >= 15 is 0 Å². The number of aromatic nitrogens is 2. The van der Waals surface area contributed by atoms with Crippen LogP contribution in [-0.2, 0) is 0 Å². The van der Waals surface area contributed by atoms with Crippen molar-refractivity contribution in [3.05, 3.63) is 64.4 Å². The van der Waals surface area contributed by atoms with Gasteiger partial charge in [0.2, 0.25) is 5.95 Å². The first-order valence-corrected chi connectivity index (χ1v) is 6.54. The fourth-order valence-electron chi connectivity index (χ4n) is 2.10. The monoisotopic (exact) mass is 295 g/mol. The smallest absolute Gasteiger partial charge is 0.265 e. The number of carbonyl (C=O) groups excluding carboxylic acids is 1. The normalized spacial score (nSPS) is 10.4. The first-order chi connectivity index (χ1) is 10.7. The summed E-state index contributed by atoms with van der Waals surface area (Å²) < 4.78 is 0. The molecule has 2 aromatic carbocycles. The molecule has 0 aliphatic heterocycles. The summed E-state index contributed by atoms with van der Waals surface area (Å²) in [6.45, 7) is 0. The van der Waals surface area contributed by atoms with E-state index in [0.717, 1.165) is 0 Å². The molecule has 0 fully saturated rings. The van der Waals surface area contributed by atoms with Crippen LogP contribution in [0.15, 0.2) is 53.3 Å². The number of anilines is 2. The third-order valence-electron chi connectivity index (χ3n) is 3.13. The Kier molecular flexibility index (Phi) is 3.55. The summed E-state index contributed by atoms with van der Waals surface area (Å²) in [6.07, 6.45) is 0. The fourth-order valence-corrected chi connectivity index (χ4v) is 2.10. The number of nitrogens with two attached hydrogens (primary N) is 1. The van der Waals surface area contributed by atoms with Crippen molar-refractivity contribution >= 4 is 28.4 Å². The second kappa shape index (κ2) is 5.66. The van der Waals surface area contributed by atoms with Crippen LogP contribution in [0.5, 0.6) is 0 Å². The maximum atomic E-state index is 12.0. The number of nitrogens with one attached hydrogen (secondary N) is 3. The zero-order valence-corrected chi connectivity index (χ0v) is 11.5. The number of hydrazine groups is 1. The summed E-state index contributed by atoms with van der Waals surface area (Å²) >= 11 is 0. The highest BCUT2D eigenvalue weighted by atomic mass is 16.2. The number of rotatable bonds is 3. The third-order valence-corrected chi connectivity index (χ3v) is 3.13. The topological polar surface area (TPSA) is 113 Å². The number of carbonyl (C=O) groups is 1. The quantitative estimate of drug-likeness (QED) is 0.330. The molecule has 7 heteroatoms. The minimum absolute atomic E-state index is 0.232. The Bertz CT molecular complexity index is 904. The molecule has 1 aromatic heterocycles. The lowest BCUT2D eigenvalue weighted by molar-refractivity contribution is 0.0953. The van der Waals surface area contributed by atoms with Crippen LogP contribution in [0, 0.1) is 0 Å². The zero-order chi connectivity index (χ0) is 15.5. The van der Waals surface area contributed by atoms with E-state index in [9.17, 15) is 9.59 Å². The third kappa shape index (κ3) is 2.65. The van der Waals surface area contributed by atoms with Gasteiger partial charge in [-0.05, 0) is 30.3 Å². The van der Waals surface area contributed by atoms with Gasteiger partial charge in [-0.25, -0.2) is 10.8 Å². The lowest BCUT2D eigenvalue weighted by Gasteiger charge is -2.07. The van der Waals surface area contributed by atoms with E-state index in [4.69, 9.17) is 5.84 Å². The van der Waals surface area contributed by atoms with E-state index in [1.807, 2.05) is 6.07 Å². The van der Waals surface area contributed by atoms with Crippen molar-refractivity contribution in [1.29, 1.82) is 0 Å². The van der Waals surface area contributed by atoms with Crippen LogP contribution in [0.2, 0.25) is 0 Å². The molecule has 0 spiro atoms. The molecule has 1 amide bonds. The second-order valence-corrected chi connectivity index (χ2v) is 4.61. The number of nitrogen functional groups attached to an aromatic ring is 1. The molecule has 1 heterocycles. The molecule has 0 aliphatic rings. The second-order valence-electron chi connectivity index (χ2n) is 4.61. The van der Waals surface area contributed by atoms with Crippen LogP contribution in [0.1, 0.15) is 10.4 Å². The molecule has 0 unspecified atom stereocenters. The predicted molar refractivity (Wildman–Crippen MR) is 83.7 cm³/mol. The number of nitrogens with zero attached hydrogens (tertiary/aromatic N) is 1. The maximum absolute atomic E-state index is 12.0. The lowest BCUT2D eigenvalue weighted by Crippen LogP contribution is -2.29. The molecule has 110 valence electrons. The standard InChI is InChI=1S/C15H13N5O2/c16-20-13(21)9-4-3-5-10(8-9)17-15-18-12-7-2-1-6-11(12)14(22)19-15/h1-8H,16H2,(H,20,21)(H2,17,18,19,22). The zero-order valence-electron chi connectivity index (χ0n) is 11.5. The summed E-state index contributed by atoms with van der Waals surface area (Å²) in [4.78, 5) is 30.5. The summed E-state index contributed by atoms with van der Waals surface area (Å²) in [7, 11) is 0. The van der Waals surface area contributed by atoms with Gasteiger partial charge in [0.25, 0.3) is 11.5 Å². The number of amides is 1. The van der Waals surface area contributed by atoms with Crippen molar-refractivity contribution in [3.63, 3.8) is 0 Å². The van der Waals surface area contributed by atoms with Gasteiger partial charge in [0.1, 0.15) is 0 Å². The molecule has 0 atom stereocenters. The molecule has 0 saturated heterocycles. The average molecular weight is 295 g/mol. The van der Waals surface area contributed by atoms with Crippen molar-refractivity contribution < 1.29 is 4.79 Å². The maximum Gasteiger partial charge on any atom is 0.265 e. The van der Waals surface area contributed by atoms with Gasteiger partial charge in [-0.2, -0.15) is 0 Å². The highest BCUT2D eigenvalue weighted by molar-refractivity contribution is 5.94. The predicted octanol–water partition coefficient (Wildman–Crippen LogP) is 1.27. The first kappa shape index (κ1) is 13.8.